The number of amides is 1. The summed E-state index contributed by atoms with van der Waals surface area (Å²) in [7, 11) is -4.17. The third kappa shape index (κ3) is 2.73. The predicted molar refractivity (Wildman–Crippen MR) is 82.3 cm³/mol. The molecular formula is C16H15FN2O3S. The summed E-state index contributed by atoms with van der Waals surface area (Å²) in [6.45, 7) is -0.0134. The number of nitrogens with zero attached hydrogens (tertiary/aromatic N) is 1. The molecule has 1 atom stereocenters. The molecule has 2 N–H and O–H groups in total. The third-order valence-corrected chi connectivity index (χ3v) is 5.85. The predicted octanol–water partition coefficient (Wildman–Crippen LogP) is 1.43. The minimum Gasteiger partial charge on any atom is -0.368 e. The Balaban J connectivity index is 2.10. The molecule has 0 spiro atoms. The van der Waals surface area contributed by atoms with Gasteiger partial charge in [-0.15, -0.1) is 0 Å². The third-order valence-electron chi connectivity index (χ3n) is 3.96. The molecule has 0 fully saturated rings. The van der Waals surface area contributed by atoms with E-state index >= 15 is 0 Å². The SMILES string of the molecule is NC(=O)[C@@H]1Cc2ccccc2CN1S(=O)(=O)c1ccccc1F. The van der Waals surface area contributed by atoms with Crippen molar-refractivity contribution in [2.45, 2.75) is 23.9 Å². The molecule has 0 saturated carbocycles. The maximum absolute atomic E-state index is 13.9. The first-order valence-corrected chi connectivity index (χ1v) is 8.48. The van der Waals surface area contributed by atoms with E-state index in [-0.39, 0.29) is 13.0 Å². The Bertz CT molecular complexity index is 867. The summed E-state index contributed by atoms with van der Waals surface area (Å²) in [6, 6.07) is 11.3. The zero-order chi connectivity index (χ0) is 16.6. The highest BCUT2D eigenvalue weighted by atomic mass is 32.2. The van der Waals surface area contributed by atoms with Gasteiger partial charge in [-0.25, -0.2) is 12.8 Å². The lowest BCUT2D eigenvalue weighted by Crippen LogP contribution is -2.51. The quantitative estimate of drug-likeness (QED) is 0.922. The summed E-state index contributed by atoms with van der Waals surface area (Å²) in [5, 5.41) is 0. The molecule has 0 aliphatic carbocycles. The van der Waals surface area contributed by atoms with Gasteiger partial charge in [0.05, 0.1) is 0 Å². The number of halogens is 1. The van der Waals surface area contributed by atoms with Crippen LogP contribution >= 0.6 is 0 Å². The second-order valence-electron chi connectivity index (χ2n) is 5.37. The number of fused-ring (bicyclic) bond motifs is 1. The smallest absolute Gasteiger partial charge is 0.247 e. The fraction of sp³-hybridized carbons (Fsp3) is 0.188. The standard InChI is InChI=1S/C16H15FN2O3S/c17-13-7-3-4-8-15(13)23(21,22)19-10-12-6-2-1-5-11(12)9-14(19)16(18)20/h1-8,14H,9-10H2,(H2,18,20)/t14-/m0/s1. The van der Waals surface area contributed by atoms with Gasteiger partial charge in [0.2, 0.25) is 15.9 Å². The number of hydrogen-bond acceptors (Lipinski definition) is 3. The van der Waals surface area contributed by atoms with Gasteiger partial charge in [0, 0.05) is 6.54 Å². The van der Waals surface area contributed by atoms with Crippen molar-refractivity contribution in [3.63, 3.8) is 0 Å². The Morgan fingerprint density at radius 1 is 1.09 bits per heavy atom. The van der Waals surface area contributed by atoms with Gasteiger partial charge >= 0.3 is 0 Å². The van der Waals surface area contributed by atoms with Crippen LogP contribution in [0.1, 0.15) is 11.1 Å². The van der Waals surface area contributed by atoms with Crippen LogP contribution in [0.4, 0.5) is 4.39 Å². The maximum Gasteiger partial charge on any atom is 0.247 e. The Hall–Kier alpha value is -2.25. The largest absolute Gasteiger partial charge is 0.368 e. The molecule has 23 heavy (non-hydrogen) atoms. The van der Waals surface area contributed by atoms with Gasteiger partial charge in [0.15, 0.2) is 0 Å². The van der Waals surface area contributed by atoms with E-state index < -0.39 is 32.7 Å². The number of hydrogen-bond donors (Lipinski definition) is 1. The van der Waals surface area contributed by atoms with Crippen LogP contribution in [-0.4, -0.2) is 24.7 Å². The Morgan fingerprint density at radius 3 is 2.35 bits per heavy atom. The fourth-order valence-electron chi connectivity index (χ4n) is 2.77. The van der Waals surface area contributed by atoms with Crippen LogP contribution in [0.3, 0.4) is 0 Å². The number of rotatable bonds is 3. The van der Waals surface area contributed by atoms with Gasteiger partial charge in [-0.2, -0.15) is 4.31 Å². The van der Waals surface area contributed by atoms with Gasteiger partial charge in [0.1, 0.15) is 16.8 Å². The first kappa shape index (κ1) is 15.6. The van der Waals surface area contributed by atoms with Crippen LogP contribution in [0.25, 0.3) is 0 Å². The lowest BCUT2D eigenvalue weighted by molar-refractivity contribution is -0.122. The molecule has 0 unspecified atom stereocenters. The van der Waals surface area contributed by atoms with Crippen molar-refractivity contribution in [1.82, 2.24) is 4.31 Å². The van der Waals surface area contributed by atoms with E-state index in [1.54, 1.807) is 12.1 Å². The van der Waals surface area contributed by atoms with Crippen molar-refractivity contribution in [2.24, 2.45) is 5.73 Å². The normalized spacial score (nSPS) is 18.4. The molecule has 0 bridgehead atoms. The molecule has 2 aromatic carbocycles. The Labute approximate surface area is 133 Å². The van der Waals surface area contributed by atoms with E-state index in [2.05, 4.69) is 0 Å². The zero-order valence-corrected chi connectivity index (χ0v) is 13.0. The number of sulfonamides is 1. The summed E-state index contributed by atoms with van der Waals surface area (Å²) < 4.78 is 40.5. The van der Waals surface area contributed by atoms with Crippen molar-refractivity contribution < 1.29 is 17.6 Å². The zero-order valence-electron chi connectivity index (χ0n) is 12.1. The number of benzene rings is 2. The first-order valence-electron chi connectivity index (χ1n) is 7.03. The van der Waals surface area contributed by atoms with Gasteiger partial charge in [-0.3, -0.25) is 4.79 Å². The molecule has 1 amide bonds. The topological polar surface area (TPSA) is 80.5 Å². The maximum atomic E-state index is 13.9. The summed E-state index contributed by atoms with van der Waals surface area (Å²) in [5.41, 5.74) is 7.04. The van der Waals surface area contributed by atoms with Gasteiger partial charge in [-0.05, 0) is 29.7 Å². The van der Waals surface area contributed by atoms with E-state index in [1.165, 1.54) is 18.2 Å². The van der Waals surface area contributed by atoms with Crippen LogP contribution in [0, 0.1) is 5.82 Å². The molecule has 7 heteroatoms. The number of carbonyl (C=O) groups is 1. The van der Waals surface area contributed by atoms with Crippen molar-refractivity contribution in [1.29, 1.82) is 0 Å². The fourth-order valence-corrected chi connectivity index (χ4v) is 4.41. The van der Waals surface area contributed by atoms with Gasteiger partial charge < -0.3 is 5.73 Å². The highest BCUT2D eigenvalue weighted by molar-refractivity contribution is 7.89. The Morgan fingerprint density at radius 2 is 1.70 bits per heavy atom. The van der Waals surface area contributed by atoms with Crippen LogP contribution < -0.4 is 5.73 Å². The van der Waals surface area contributed by atoms with Crippen molar-refractivity contribution in [3.8, 4) is 0 Å². The second-order valence-corrected chi connectivity index (χ2v) is 7.23. The molecule has 0 radical (unpaired) electrons. The number of primary amides is 1. The highest BCUT2D eigenvalue weighted by Gasteiger charge is 2.39. The van der Waals surface area contributed by atoms with E-state index in [0.29, 0.717) is 0 Å². The lowest BCUT2D eigenvalue weighted by Gasteiger charge is -2.34. The van der Waals surface area contributed by atoms with E-state index in [4.69, 9.17) is 5.73 Å². The minimum absolute atomic E-state index is 0.0134. The monoisotopic (exact) mass is 334 g/mol. The molecule has 5 nitrogen and oxygen atoms in total. The molecule has 120 valence electrons. The molecule has 1 heterocycles. The summed E-state index contributed by atoms with van der Waals surface area (Å²) in [4.78, 5) is 11.3. The highest BCUT2D eigenvalue weighted by Crippen LogP contribution is 2.29. The van der Waals surface area contributed by atoms with Crippen molar-refractivity contribution >= 4 is 15.9 Å². The van der Waals surface area contributed by atoms with Crippen molar-refractivity contribution in [3.05, 3.63) is 65.5 Å². The second kappa shape index (κ2) is 5.75. The molecule has 2 aromatic rings. The molecule has 0 aromatic heterocycles. The van der Waals surface area contributed by atoms with Crippen LogP contribution in [0.15, 0.2) is 53.4 Å². The van der Waals surface area contributed by atoms with E-state index in [1.807, 2.05) is 12.1 Å². The van der Waals surface area contributed by atoms with Crippen molar-refractivity contribution in [2.75, 3.05) is 0 Å². The average Bonchev–Trinajstić information content (AvgIpc) is 2.53. The minimum atomic E-state index is -4.17. The van der Waals surface area contributed by atoms with Gasteiger partial charge in [-0.1, -0.05) is 36.4 Å². The molecule has 1 aliphatic rings. The van der Waals surface area contributed by atoms with E-state index in [0.717, 1.165) is 21.5 Å². The number of carbonyl (C=O) groups excluding carboxylic acids is 1. The van der Waals surface area contributed by atoms with Crippen LogP contribution in [0.5, 0.6) is 0 Å². The summed E-state index contributed by atoms with van der Waals surface area (Å²) >= 11 is 0. The average molecular weight is 334 g/mol. The molecule has 0 saturated heterocycles. The van der Waals surface area contributed by atoms with Gasteiger partial charge in [0.25, 0.3) is 0 Å². The Kier molecular flexibility index (Phi) is 3.91. The summed E-state index contributed by atoms with van der Waals surface area (Å²) in [6.07, 6.45) is 0.180. The van der Waals surface area contributed by atoms with E-state index in [9.17, 15) is 17.6 Å². The summed E-state index contributed by atoms with van der Waals surface area (Å²) in [5.74, 6) is -1.60. The number of nitrogens with two attached hydrogens (primary N) is 1. The molecular weight excluding hydrogens is 319 g/mol. The van der Waals surface area contributed by atoms with Crippen LogP contribution in [0.2, 0.25) is 0 Å². The lowest BCUT2D eigenvalue weighted by atomic mass is 9.96. The van der Waals surface area contributed by atoms with Crippen LogP contribution in [-0.2, 0) is 27.8 Å². The molecule has 1 aliphatic heterocycles. The molecule has 3 rings (SSSR count). The first-order chi connectivity index (χ1) is 10.9.